The molecule has 626 valence electrons. The van der Waals surface area contributed by atoms with E-state index in [2.05, 4.69) is 73.5 Å². The number of rotatable bonds is 49. The lowest BCUT2D eigenvalue weighted by Gasteiger charge is -2.33. The van der Waals surface area contributed by atoms with Crippen LogP contribution in [-0.4, -0.2) is 246 Å². The fourth-order valence-corrected chi connectivity index (χ4v) is 13.3. The Balaban J connectivity index is 1.48. The number of aromatic amines is 1. The molecule has 1 aliphatic rings. The molecule has 2 aromatic carbocycles. The normalized spacial score (nSPS) is 16.6. The highest BCUT2D eigenvalue weighted by molar-refractivity contribution is 7.98. The number of carboxylic acid groups (broad SMARTS) is 1. The molecule has 5 rings (SSSR count). The van der Waals surface area contributed by atoms with Crippen molar-refractivity contribution in [2.24, 2.45) is 51.2 Å². The topological polar surface area (TPSA) is 635 Å². The zero-order valence-electron chi connectivity index (χ0n) is 65.2. The first kappa shape index (κ1) is 93.7. The third kappa shape index (κ3) is 28.6. The SMILES string of the molecule is CCc1ccc(-c2cn([C@H]3C[C@@H](C(=O)N[C@@H](Cc4c[nH]c5ccccc45)C(=O)N[C@@H](CO)C(=O)N[C@@H](CCC(=O)O)C(=O)N[C@@H](C)C(=O)N[C@@H](CCSC)C(=O)N[C@@H](CCSC)C(N)=O)N(C(=O)[C@@H](NC(=O)[C@H](CC(N)=O)NC(=O)[C@H](CC(N)=O)NC(=O)[C@@H](NC(=O)[C@@H](N)CCCN=C(N)N)[C@@H](C)CC)[C@@H](C)CC)C3)nn2)cc1. The van der Waals surface area contributed by atoms with E-state index < -0.39 is 211 Å². The van der Waals surface area contributed by atoms with Gasteiger partial charge in [0.2, 0.25) is 82.7 Å². The molecule has 0 aliphatic carbocycles. The maximum atomic E-state index is 15.7. The number of aliphatic hydroxyl groups excluding tert-OH is 1. The average molecular weight is 1630 g/mol. The van der Waals surface area contributed by atoms with Gasteiger partial charge in [0, 0.05) is 55.0 Å². The van der Waals surface area contributed by atoms with Crippen LogP contribution in [0.15, 0.2) is 65.9 Å². The predicted octanol–water partition coefficient (Wildman–Crippen LogP) is -3.69. The van der Waals surface area contributed by atoms with Gasteiger partial charge in [-0.05, 0) is 98.5 Å². The number of aryl methyl sites for hydroxylation is 1. The quantitative estimate of drug-likeness (QED) is 0.0115. The molecular formula is C73H110N22O17S2. The Labute approximate surface area is 667 Å². The number of nitrogens with two attached hydrogens (primary N) is 6. The molecule has 114 heavy (non-hydrogen) atoms. The Hall–Kier alpha value is -10.9. The van der Waals surface area contributed by atoms with Crippen LogP contribution in [0.25, 0.3) is 22.2 Å². The van der Waals surface area contributed by atoms with Crippen LogP contribution in [0.2, 0.25) is 0 Å². The van der Waals surface area contributed by atoms with E-state index in [0.29, 0.717) is 52.1 Å². The number of aliphatic hydroxyl groups is 1. The Morgan fingerprint density at radius 2 is 1.13 bits per heavy atom. The molecule has 2 aromatic heterocycles. The molecule has 0 radical (unpaired) electrons. The second kappa shape index (κ2) is 46.3. The molecule has 14 amide bonds. The number of hydrogen-bond acceptors (Lipinski definition) is 22. The number of aliphatic carboxylic acids is 1. The molecule has 1 fully saturated rings. The van der Waals surface area contributed by atoms with Crippen molar-refractivity contribution in [3.8, 4) is 11.3 Å². The molecule has 39 nitrogen and oxygen atoms in total. The molecule has 0 saturated carbocycles. The van der Waals surface area contributed by atoms with Gasteiger partial charge in [0.15, 0.2) is 5.96 Å². The average Bonchev–Trinajstić information content (AvgIpc) is 1.63. The molecule has 4 aromatic rings. The van der Waals surface area contributed by atoms with Crippen molar-refractivity contribution in [2.75, 3.05) is 43.7 Å². The lowest BCUT2D eigenvalue weighted by Crippen LogP contribution is -2.62. The standard InChI is InChI=1S/C73H110N22O17S2/c1-9-37(4)59(90-63(103)45(74)16-14-26-80-73(78)79)71(111)88-51(31-56(75)97)67(107)86-52(32-57(76)98)68(108)91-60(38(5)10-2)72(112)94-34-43(95-35-53(92-93-95)41-20-18-40(11-3)19-21-41)30-55(94)70(110)87-50(29-42-33-81-46-17-13-12-15-44(42)46)66(106)89-54(36-96)69(109)85-48(22-23-58(99)100)64(104)82-39(6)62(102)84-49(25-28-114-8)65(105)83-47(61(77)101)24-27-113-7/h12-13,15,17-21,33,35,37-39,43,45,47-52,54-55,59-60,81,96H,9-11,14,16,22-32,34,36,74H2,1-8H3,(H2,75,97)(H2,76,98)(H2,77,101)(H,82,104)(H,83,105)(H,84,102)(H,85,109)(H,86,107)(H,87,110)(H,88,111)(H,89,106)(H,90,103)(H,91,108)(H,99,100)(H4,78,79,80)/t37-,38-,39-,43-,45-,47-,48-,49-,50-,51-,52-,54-,55-,59-,60-/m0/s1. The highest BCUT2D eigenvalue weighted by Gasteiger charge is 2.46. The second-order valence-corrected chi connectivity index (χ2v) is 29.9. The molecule has 0 spiro atoms. The van der Waals surface area contributed by atoms with Crippen LogP contribution in [0.1, 0.15) is 129 Å². The maximum absolute atomic E-state index is 15.7. The third-order valence-electron chi connectivity index (χ3n) is 19.5. The number of para-hydroxylation sites is 1. The van der Waals surface area contributed by atoms with Crippen LogP contribution in [0.5, 0.6) is 0 Å². The Kier molecular flexibility index (Phi) is 38.0. The number of benzene rings is 2. The third-order valence-corrected chi connectivity index (χ3v) is 20.7. The monoisotopic (exact) mass is 1630 g/mol. The van der Waals surface area contributed by atoms with Crippen LogP contribution >= 0.6 is 23.5 Å². The van der Waals surface area contributed by atoms with Gasteiger partial charge in [-0.25, -0.2) is 4.68 Å². The largest absolute Gasteiger partial charge is 0.481 e. The van der Waals surface area contributed by atoms with Crippen molar-refractivity contribution in [2.45, 2.75) is 204 Å². The van der Waals surface area contributed by atoms with Crippen molar-refractivity contribution in [1.82, 2.24) is 78.0 Å². The second-order valence-electron chi connectivity index (χ2n) is 28.0. The zero-order chi connectivity index (χ0) is 84.6. The van der Waals surface area contributed by atoms with E-state index in [0.717, 1.165) is 16.9 Å². The lowest BCUT2D eigenvalue weighted by atomic mass is 9.96. The van der Waals surface area contributed by atoms with Gasteiger partial charge in [0.05, 0.1) is 37.7 Å². The van der Waals surface area contributed by atoms with E-state index in [4.69, 9.17) is 34.4 Å². The summed E-state index contributed by atoms with van der Waals surface area (Å²) in [6.07, 6.45) is 5.01. The van der Waals surface area contributed by atoms with Crippen molar-refractivity contribution in [3.63, 3.8) is 0 Å². The van der Waals surface area contributed by atoms with Crippen LogP contribution in [-0.2, 0) is 84.8 Å². The Morgan fingerprint density at radius 3 is 1.72 bits per heavy atom. The van der Waals surface area contributed by atoms with Gasteiger partial charge in [-0.1, -0.05) is 95.1 Å². The summed E-state index contributed by atoms with van der Waals surface area (Å²) in [6.45, 7) is 8.56. The van der Waals surface area contributed by atoms with E-state index in [9.17, 15) is 67.7 Å². The van der Waals surface area contributed by atoms with E-state index >= 15 is 14.4 Å². The molecule has 0 bridgehead atoms. The number of nitrogens with zero attached hydrogens (tertiary/aromatic N) is 5. The van der Waals surface area contributed by atoms with Crippen LogP contribution in [0, 0.1) is 11.8 Å². The summed E-state index contributed by atoms with van der Waals surface area (Å²) in [5.41, 5.74) is 36.9. The number of hydrogen-bond donors (Lipinski definition) is 19. The molecular weight excluding hydrogens is 1520 g/mol. The van der Waals surface area contributed by atoms with Gasteiger partial charge in [-0.2, -0.15) is 23.5 Å². The van der Waals surface area contributed by atoms with Gasteiger partial charge in [0.1, 0.15) is 72.2 Å². The van der Waals surface area contributed by atoms with Crippen molar-refractivity contribution in [1.29, 1.82) is 0 Å². The highest BCUT2D eigenvalue weighted by Crippen LogP contribution is 2.31. The van der Waals surface area contributed by atoms with Crippen molar-refractivity contribution < 1.29 is 82.1 Å². The first-order valence-corrected chi connectivity index (χ1v) is 40.2. The molecule has 15 atom stereocenters. The summed E-state index contributed by atoms with van der Waals surface area (Å²) < 4.78 is 1.45. The first-order valence-electron chi connectivity index (χ1n) is 37.5. The first-order chi connectivity index (χ1) is 54.1. The fraction of sp³-hybridized carbons (Fsp3) is 0.562. The molecule has 41 heteroatoms. The van der Waals surface area contributed by atoms with Gasteiger partial charge in [0.25, 0.3) is 0 Å². The number of aromatic nitrogens is 4. The van der Waals surface area contributed by atoms with Gasteiger partial charge < -0.3 is 108 Å². The number of nitrogens with one attached hydrogen (secondary N) is 11. The number of carboxylic acids is 1. The minimum Gasteiger partial charge on any atom is -0.481 e. The maximum Gasteiger partial charge on any atom is 0.303 e. The minimum absolute atomic E-state index is 0.0895. The summed E-state index contributed by atoms with van der Waals surface area (Å²) in [5.74, 6) is -16.2. The zero-order valence-corrected chi connectivity index (χ0v) is 66.8. The Morgan fingerprint density at radius 1 is 0.605 bits per heavy atom. The number of primary amides is 3. The number of fused-ring (bicyclic) bond motifs is 1. The lowest BCUT2D eigenvalue weighted by molar-refractivity contribution is -0.144. The summed E-state index contributed by atoms with van der Waals surface area (Å²) in [5, 5.41) is 55.1. The van der Waals surface area contributed by atoms with E-state index in [1.807, 2.05) is 31.2 Å². The summed E-state index contributed by atoms with van der Waals surface area (Å²) in [7, 11) is 0. The summed E-state index contributed by atoms with van der Waals surface area (Å²) in [6, 6.07) is -4.88. The molecule has 1 saturated heterocycles. The number of H-pyrrole nitrogens is 1. The van der Waals surface area contributed by atoms with E-state index in [1.165, 1.54) is 35.1 Å². The number of carbonyl (C=O) groups is 15. The molecule has 3 heterocycles. The van der Waals surface area contributed by atoms with Crippen molar-refractivity contribution >= 4 is 129 Å². The molecule has 0 unspecified atom stereocenters. The molecule has 25 N–H and O–H groups in total. The van der Waals surface area contributed by atoms with Crippen LogP contribution < -0.4 is 87.6 Å². The number of aliphatic imine (C=N–C) groups is 1. The highest BCUT2D eigenvalue weighted by atomic mass is 32.2. The van der Waals surface area contributed by atoms with Crippen molar-refractivity contribution in [3.05, 3.63) is 72.1 Å². The van der Waals surface area contributed by atoms with E-state index in [1.54, 1.807) is 76.9 Å². The number of carbonyl (C=O) groups excluding carboxylic acids is 14. The number of guanidine groups is 1. The summed E-state index contributed by atoms with van der Waals surface area (Å²) >= 11 is 2.78. The van der Waals surface area contributed by atoms with Gasteiger partial charge >= 0.3 is 5.97 Å². The fourth-order valence-electron chi connectivity index (χ4n) is 12.3. The predicted molar refractivity (Wildman–Crippen MR) is 425 cm³/mol. The summed E-state index contributed by atoms with van der Waals surface area (Å²) in [4.78, 5) is 216. The minimum atomic E-state index is -1.94. The molecule has 1 aliphatic heterocycles. The van der Waals surface area contributed by atoms with E-state index in [-0.39, 0.29) is 57.6 Å². The van der Waals surface area contributed by atoms with Crippen LogP contribution in [0.4, 0.5) is 0 Å². The number of likely N-dealkylation sites (tertiary alicyclic amines) is 1. The number of thioether (sulfide) groups is 2. The van der Waals surface area contributed by atoms with Gasteiger partial charge in [-0.15, -0.1) is 5.10 Å². The van der Waals surface area contributed by atoms with Crippen LogP contribution in [0.3, 0.4) is 0 Å². The smallest absolute Gasteiger partial charge is 0.303 e. The van der Waals surface area contributed by atoms with Gasteiger partial charge in [-0.3, -0.25) is 76.9 Å². The number of amides is 14. The Bertz CT molecular complexity index is 4050.